The first-order valence-corrected chi connectivity index (χ1v) is 10.8. The van der Waals surface area contributed by atoms with Crippen LogP contribution in [0.5, 0.6) is 11.5 Å². The third kappa shape index (κ3) is 5.78. The average Bonchev–Trinajstić information content (AvgIpc) is 2.84. The van der Waals surface area contributed by atoms with Crippen molar-refractivity contribution in [3.63, 3.8) is 0 Å². The molecule has 0 aliphatic carbocycles. The molecule has 6 nitrogen and oxygen atoms in total. The van der Waals surface area contributed by atoms with Gasteiger partial charge in [-0.05, 0) is 42.5 Å². The number of hydrogen-bond donors (Lipinski definition) is 1. The number of hydrogen-bond acceptors (Lipinski definition) is 4. The number of nitrogens with one attached hydrogen (secondary N) is 1. The highest BCUT2D eigenvalue weighted by molar-refractivity contribution is 5.90. The van der Waals surface area contributed by atoms with Gasteiger partial charge in [0, 0.05) is 18.5 Å². The topological polar surface area (TPSA) is 67.9 Å². The molecule has 3 aromatic rings. The zero-order chi connectivity index (χ0) is 22.9. The second-order valence-corrected chi connectivity index (χ2v) is 7.60. The van der Waals surface area contributed by atoms with Crippen LogP contribution in [0.3, 0.4) is 0 Å². The summed E-state index contributed by atoms with van der Waals surface area (Å²) in [7, 11) is 1.61. The molecule has 32 heavy (non-hydrogen) atoms. The highest BCUT2D eigenvalue weighted by atomic mass is 16.5. The minimum Gasteiger partial charge on any atom is -0.497 e. The molecule has 1 atom stereocenters. The lowest BCUT2D eigenvalue weighted by Gasteiger charge is -2.29. The van der Waals surface area contributed by atoms with Gasteiger partial charge in [0.2, 0.25) is 5.91 Å². The second kappa shape index (κ2) is 11.2. The van der Waals surface area contributed by atoms with Crippen LogP contribution in [-0.4, -0.2) is 43.0 Å². The molecule has 2 amide bonds. The minimum absolute atomic E-state index is 0.157. The Bertz CT molecular complexity index is 1040. The molecule has 0 fully saturated rings. The van der Waals surface area contributed by atoms with Crippen LogP contribution in [0, 0.1) is 0 Å². The molecule has 168 valence electrons. The van der Waals surface area contributed by atoms with E-state index in [1.54, 1.807) is 18.9 Å². The van der Waals surface area contributed by atoms with Crippen molar-refractivity contribution in [1.29, 1.82) is 0 Å². The van der Waals surface area contributed by atoms with Crippen molar-refractivity contribution in [2.24, 2.45) is 0 Å². The highest BCUT2D eigenvalue weighted by Gasteiger charge is 2.26. The number of carbonyl (C=O) groups excluding carboxylic acids is 2. The Morgan fingerprint density at radius 3 is 2.44 bits per heavy atom. The third-order valence-corrected chi connectivity index (χ3v) is 5.33. The van der Waals surface area contributed by atoms with Gasteiger partial charge >= 0.3 is 0 Å². The summed E-state index contributed by atoms with van der Waals surface area (Å²) in [6.45, 7) is 4.44. The van der Waals surface area contributed by atoms with E-state index in [0.717, 1.165) is 28.5 Å². The summed E-state index contributed by atoms with van der Waals surface area (Å²) in [4.78, 5) is 27.4. The van der Waals surface area contributed by atoms with Crippen molar-refractivity contribution in [2.75, 3.05) is 20.3 Å². The van der Waals surface area contributed by atoms with Gasteiger partial charge in [0.15, 0.2) is 6.61 Å². The van der Waals surface area contributed by atoms with E-state index in [1.807, 2.05) is 73.7 Å². The fraction of sp³-hybridized carbons (Fsp3) is 0.308. The summed E-state index contributed by atoms with van der Waals surface area (Å²) in [5, 5.41) is 4.86. The fourth-order valence-electron chi connectivity index (χ4n) is 3.45. The Kier molecular flexibility index (Phi) is 8.08. The Labute approximate surface area is 189 Å². The highest BCUT2D eigenvalue weighted by Crippen LogP contribution is 2.25. The first-order valence-electron chi connectivity index (χ1n) is 10.8. The Morgan fingerprint density at radius 1 is 1.00 bits per heavy atom. The van der Waals surface area contributed by atoms with Gasteiger partial charge in [-0.2, -0.15) is 0 Å². The number of nitrogens with zero attached hydrogens (tertiary/aromatic N) is 1. The first kappa shape index (κ1) is 23.1. The van der Waals surface area contributed by atoms with Gasteiger partial charge < -0.3 is 19.7 Å². The molecule has 6 heteroatoms. The van der Waals surface area contributed by atoms with Gasteiger partial charge in [-0.15, -0.1) is 0 Å². The third-order valence-electron chi connectivity index (χ3n) is 5.33. The molecule has 0 aliphatic heterocycles. The number of carbonyl (C=O) groups is 2. The van der Waals surface area contributed by atoms with E-state index in [2.05, 4.69) is 5.32 Å². The summed E-state index contributed by atoms with van der Waals surface area (Å²) in [6, 6.07) is 20.4. The molecule has 1 unspecified atom stereocenters. The molecule has 0 aliphatic rings. The van der Waals surface area contributed by atoms with Crippen LogP contribution in [0.2, 0.25) is 0 Å². The van der Waals surface area contributed by atoms with E-state index in [4.69, 9.17) is 9.47 Å². The lowest BCUT2D eigenvalue weighted by Crippen LogP contribution is -2.49. The van der Waals surface area contributed by atoms with E-state index < -0.39 is 6.04 Å². The van der Waals surface area contributed by atoms with Gasteiger partial charge in [-0.25, -0.2) is 0 Å². The van der Waals surface area contributed by atoms with Crippen molar-refractivity contribution in [3.8, 4) is 11.5 Å². The lowest BCUT2D eigenvalue weighted by atomic mass is 10.1. The smallest absolute Gasteiger partial charge is 0.261 e. The molecule has 0 aromatic heterocycles. The normalized spacial score (nSPS) is 11.6. The molecule has 0 heterocycles. The molecule has 0 saturated heterocycles. The lowest BCUT2D eigenvalue weighted by molar-refractivity contribution is -0.142. The number of benzene rings is 3. The summed E-state index contributed by atoms with van der Waals surface area (Å²) in [5.74, 6) is 0.940. The van der Waals surface area contributed by atoms with Gasteiger partial charge in [-0.1, -0.05) is 55.5 Å². The van der Waals surface area contributed by atoms with Crippen LogP contribution in [0.15, 0.2) is 66.7 Å². The SMILES string of the molecule is CCCNC(=O)C(C)N(Cc1ccc(OC)cc1)C(=O)COc1cccc2ccccc12. The van der Waals surface area contributed by atoms with Crippen LogP contribution in [0.4, 0.5) is 0 Å². The Balaban J connectivity index is 1.77. The molecule has 3 rings (SSSR count). The molecule has 0 radical (unpaired) electrons. The predicted octanol–water partition coefficient (Wildman–Crippen LogP) is 4.17. The van der Waals surface area contributed by atoms with Crippen LogP contribution < -0.4 is 14.8 Å². The molecule has 0 saturated carbocycles. The van der Waals surface area contributed by atoms with Crippen LogP contribution in [0.25, 0.3) is 10.8 Å². The fourth-order valence-corrected chi connectivity index (χ4v) is 3.45. The van der Waals surface area contributed by atoms with E-state index in [1.165, 1.54) is 0 Å². The van der Waals surface area contributed by atoms with Gasteiger partial charge in [0.25, 0.3) is 5.91 Å². The van der Waals surface area contributed by atoms with E-state index in [9.17, 15) is 9.59 Å². The van der Waals surface area contributed by atoms with Gasteiger partial charge in [-0.3, -0.25) is 9.59 Å². The van der Waals surface area contributed by atoms with E-state index >= 15 is 0 Å². The summed E-state index contributed by atoms with van der Waals surface area (Å²) in [5.41, 5.74) is 0.902. The molecular weight excluding hydrogens is 404 g/mol. The Morgan fingerprint density at radius 2 is 1.72 bits per heavy atom. The number of methoxy groups -OCH3 is 1. The molecule has 0 bridgehead atoms. The van der Waals surface area contributed by atoms with Crippen LogP contribution >= 0.6 is 0 Å². The van der Waals surface area contributed by atoms with Crippen molar-refractivity contribution >= 4 is 22.6 Å². The second-order valence-electron chi connectivity index (χ2n) is 7.60. The monoisotopic (exact) mass is 434 g/mol. The number of ether oxygens (including phenoxy) is 2. The maximum Gasteiger partial charge on any atom is 0.261 e. The molecule has 1 N–H and O–H groups in total. The largest absolute Gasteiger partial charge is 0.497 e. The van der Waals surface area contributed by atoms with Crippen molar-refractivity contribution in [3.05, 3.63) is 72.3 Å². The van der Waals surface area contributed by atoms with Gasteiger partial charge in [0.05, 0.1) is 7.11 Å². The first-order chi connectivity index (χ1) is 15.5. The quantitative estimate of drug-likeness (QED) is 0.520. The van der Waals surface area contributed by atoms with E-state index in [-0.39, 0.29) is 18.4 Å². The van der Waals surface area contributed by atoms with Gasteiger partial charge in [0.1, 0.15) is 17.5 Å². The minimum atomic E-state index is -0.632. The van der Waals surface area contributed by atoms with Crippen LogP contribution in [-0.2, 0) is 16.1 Å². The predicted molar refractivity (Wildman–Crippen MR) is 126 cm³/mol. The molecular formula is C26H30N2O4. The van der Waals surface area contributed by atoms with E-state index in [0.29, 0.717) is 18.8 Å². The maximum atomic E-state index is 13.2. The number of rotatable bonds is 10. The maximum absolute atomic E-state index is 13.2. The summed E-state index contributed by atoms with van der Waals surface area (Å²) < 4.78 is 11.1. The Hall–Kier alpha value is -3.54. The molecule has 3 aromatic carbocycles. The number of amides is 2. The van der Waals surface area contributed by atoms with Crippen molar-refractivity contribution in [2.45, 2.75) is 32.9 Å². The zero-order valence-electron chi connectivity index (χ0n) is 18.8. The average molecular weight is 435 g/mol. The summed E-state index contributed by atoms with van der Waals surface area (Å²) >= 11 is 0. The zero-order valence-corrected chi connectivity index (χ0v) is 18.8. The molecule has 0 spiro atoms. The summed E-state index contributed by atoms with van der Waals surface area (Å²) in [6.07, 6.45) is 0.828. The van der Waals surface area contributed by atoms with Crippen molar-refractivity contribution in [1.82, 2.24) is 10.2 Å². The standard InChI is InChI=1S/C26H30N2O4/c1-4-16-27-26(30)19(2)28(17-20-12-14-22(31-3)15-13-20)25(29)18-32-24-11-7-9-21-8-5-6-10-23(21)24/h5-15,19H,4,16-18H2,1-3H3,(H,27,30). The van der Waals surface area contributed by atoms with Crippen LogP contribution in [0.1, 0.15) is 25.8 Å². The van der Waals surface area contributed by atoms with Crippen molar-refractivity contribution < 1.29 is 19.1 Å². The number of fused-ring (bicyclic) bond motifs is 1.